The summed E-state index contributed by atoms with van der Waals surface area (Å²) in [5, 5.41) is 27.8. The smallest absolute Gasteiger partial charge is 0.305 e. The van der Waals surface area contributed by atoms with Gasteiger partial charge < -0.3 is 25.1 Å². The second-order valence-corrected chi connectivity index (χ2v) is 14.8. The highest BCUT2D eigenvalue weighted by molar-refractivity contribution is 5.96. The fraction of sp³-hybridized carbons (Fsp3) is 0.844. The maximum absolute atomic E-state index is 12.7. The van der Waals surface area contributed by atoms with Crippen LogP contribution in [-0.4, -0.2) is 58.3 Å². The molecule has 0 spiro atoms. The van der Waals surface area contributed by atoms with Gasteiger partial charge in [-0.3, -0.25) is 9.59 Å². The van der Waals surface area contributed by atoms with E-state index < -0.39 is 17.6 Å². The third-order valence-corrected chi connectivity index (χ3v) is 12.0. The fourth-order valence-corrected chi connectivity index (χ4v) is 9.45. The quantitative estimate of drug-likeness (QED) is 0.368. The van der Waals surface area contributed by atoms with Gasteiger partial charge in [0.2, 0.25) is 0 Å². The number of carbonyl (C=O) groups excluding carboxylic acids is 1. The molecule has 1 aliphatic heterocycles. The molecule has 224 valence electrons. The number of hydrogen-bond acceptors (Lipinski definition) is 6. The molecule has 0 bridgehead atoms. The molecule has 0 aromatic heterocycles. The molecule has 5 aliphatic rings. The van der Waals surface area contributed by atoms with Gasteiger partial charge in [-0.2, -0.15) is 0 Å². The molecule has 0 aromatic rings. The summed E-state index contributed by atoms with van der Waals surface area (Å²) in [6.07, 6.45) is 11.9. The first-order valence-corrected chi connectivity index (χ1v) is 15.5. The Morgan fingerprint density at radius 2 is 1.82 bits per heavy atom. The first kappa shape index (κ1) is 29.6. The molecule has 8 heteroatoms. The van der Waals surface area contributed by atoms with Crippen molar-refractivity contribution in [1.29, 1.82) is 0 Å². The molecular weight excluding hydrogens is 508 g/mol. The number of aliphatic hydroxyl groups is 1. The molecule has 40 heavy (non-hydrogen) atoms. The molecule has 1 amide bonds. The number of nitrogens with one attached hydrogen (secondary N) is 1. The fourth-order valence-electron chi connectivity index (χ4n) is 9.45. The van der Waals surface area contributed by atoms with Crippen molar-refractivity contribution in [1.82, 2.24) is 5.32 Å². The number of carbonyl (C=O) groups is 2. The number of allylic oxidation sites excluding steroid dienone is 2. The van der Waals surface area contributed by atoms with Crippen LogP contribution >= 0.6 is 0 Å². The zero-order valence-corrected chi connectivity index (χ0v) is 25.1. The molecule has 1 saturated heterocycles. The van der Waals surface area contributed by atoms with Gasteiger partial charge in [-0.15, -0.1) is 0 Å². The standard InChI is InChI=1S/C32H50N2O6/c1-29(2)18-20(11-15-39-29)26(17-28(36)37)33-27(35)19-40-34-22-8-12-30(3)21(16-22)6-7-23-24(30)9-13-31(4)25(23)10-14-32(31,5)38/h16,20,23-26,38H,6-15,17-19H2,1-5H3,(H,33,35)(H,36,37)/b34-22-/t20-,23-,24-,25+,26+,30+,31+,32+/m1/s1. The molecule has 3 saturated carbocycles. The summed E-state index contributed by atoms with van der Waals surface area (Å²) < 4.78 is 5.77. The van der Waals surface area contributed by atoms with Crippen LogP contribution in [0.3, 0.4) is 0 Å². The third kappa shape index (κ3) is 5.47. The lowest BCUT2D eigenvalue weighted by molar-refractivity contribution is -0.139. The van der Waals surface area contributed by atoms with Crippen LogP contribution in [0.25, 0.3) is 0 Å². The summed E-state index contributed by atoms with van der Waals surface area (Å²) in [7, 11) is 0. The van der Waals surface area contributed by atoms with Crippen molar-refractivity contribution in [3.8, 4) is 0 Å². The summed E-state index contributed by atoms with van der Waals surface area (Å²) in [5.41, 5.74) is 1.66. The van der Waals surface area contributed by atoms with Gasteiger partial charge in [-0.25, -0.2) is 0 Å². The van der Waals surface area contributed by atoms with Gasteiger partial charge >= 0.3 is 5.97 Å². The molecule has 0 radical (unpaired) electrons. The molecule has 8 nitrogen and oxygen atoms in total. The first-order chi connectivity index (χ1) is 18.7. The van der Waals surface area contributed by atoms with Crippen LogP contribution in [0.1, 0.15) is 105 Å². The number of nitrogens with zero attached hydrogens (tertiary/aromatic N) is 1. The minimum absolute atomic E-state index is 0.0336. The SMILES string of the molecule is CC1(C)C[C@H]([C@H](CC(=O)O)NC(=O)CO/N=C2\C=C3CC[C@@H]4[C@@H](CC[C@@]5(C)[C@H]4CC[C@]5(C)O)[C@@]3(C)CC2)CCO1. The van der Waals surface area contributed by atoms with E-state index in [0.717, 1.165) is 50.7 Å². The number of hydrogen-bond donors (Lipinski definition) is 3. The van der Waals surface area contributed by atoms with E-state index in [2.05, 4.69) is 37.3 Å². The van der Waals surface area contributed by atoms with Gasteiger partial charge in [-0.1, -0.05) is 24.6 Å². The largest absolute Gasteiger partial charge is 0.481 e. The van der Waals surface area contributed by atoms with Crippen molar-refractivity contribution in [2.45, 2.75) is 122 Å². The number of aliphatic carboxylic acids is 1. The first-order valence-electron chi connectivity index (χ1n) is 15.5. The van der Waals surface area contributed by atoms with Gasteiger partial charge in [0, 0.05) is 12.6 Å². The highest BCUT2D eigenvalue weighted by atomic mass is 16.6. The van der Waals surface area contributed by atoms with E-state index in [1.54, 1.807) is 0 Å². The highest BCUT2D eigenvalue weighted by Crippen LogP contribution is 2.67. The van der Waals surface area contributed by atoms with Crippen molar-refractivity contribution in [2.75, 3.05) is 13.2 Å². The Hall–Kier alpha value is -1.93. The zero-order valence-electron chi connectivity index (χ0n) is 25.1. The van der Waals surface area contributed by atoms with Crippen LogP contribution in [0.4, 0.5) is 0 Å². The van der Waals surface area contributed by atoms with Crippen LogP contribution in [-0.2, 0) is 19.2 Å². The molecule has 4 aliphatic carbocycles. The second kappa shape index (κ2) is 10.7. The summed E-state index contributed by atoms with van der Waals surface area (Å²) in [6, 6.07) is -0.460. The number of fused-ring (bicyclic) bond motifs is 5. The average Bonchev–Trinajstić information content (AvgIpc) is 3.11. The molecule has 0 unspecified atom stereocenters. The maximum Gasteiger partial charge on any atom is 0.305 e. The van der Waals surface area contributed by atoms with Crippen molar-refractivity contribution < 1.29 is 29.4 Å². The van der Waals surface area contributed by atoms with Crippen molar-refractivity contribution in [2.24, 2.45) is 39.7 Å². The number of ether oxygens (including phenoxy) is 1. The topological polar surface area (TPSA) is 117 Å². The Balaban J connectivity index is 1.19. The molecular formula is C32H50N2O6. The second-order valence-electron chi connectivity index (χ2n) is 14.8. The van der Waals surface area contributed by atoms with E-state index in [-0.39, 0.29) is 41.3 Å². The maximum atomic E-state index is 12.7. The van der Waals surface area contributed by atoms with E-state index in [4.69, 9.17) is 9.57 Å². The summed E-state index contributed by atoms with van der Waals surface area (Å²) in [4.78, 5) is 29.7. The van der Waals surface area contributed by atoms with E-state index in [0.29, 0.717) is 30.8 Å². The third-order valence-electron chi connectivity index (χ3n) is 12.0. The lowest BCUT2D eigenvalue weighted by Crippen LogP contribution is -2.53. The number of amides is 1. The highest BCUT2D eigenvalue weighted by Gasteiger charge is 2.62. The Morgan fingerprint density at radius 3 is 2.55 bits per heavy atom. The molecule has 3 N–H and O–H groups in total. The molecule has 4 fully saturated rings. The Morgan fingerprint density at radius 1 is 1.07 bits per heavy atom. The summed E-state index contributed by atoms with van der Waals surface area (Å²) in [5.74, 6) is 0.699. The monoisotopic (exact) mass is 558 g/mol. The van der Waals surface area contributed by atoms with Crippen molar-refractivity contribution in [3.63, 3.8) is 0 Å². The Kier molecular flexibility index (Phi) is 7.92. The summed E-state index contributed by atoms with van der Waals surface area (Å²) >= 11 is 0. The molecule has 0 aromatic carbocycles. The number of oxime groups is 1. The van der Waals surface area contributed by atoms with Gasteiger partial charge in [0.25, 0.3) is 5.91 Å². The Labute approximate surface area is 239 Å². The van der Waals surface area contributed by atoms with E-state index in [1.807, 2.05) is 13.8 Å². The number of carboxylic acids is 1. The van der Waals surface area contributed by atoms with E-state index in [1.165, 1.54) is 18.4 Å². The minimum atomic E-state index is -0.928. The zero-order chi connectivity index (χ0) is 28.9. The lowest BCUT2D eigenvalue weighted by Gasteiger charge is -2.59. The van der Waals surface area contributed by atoms with Gasteiger partial charge in [0.1, 0.15) is 0 Å². The van der Waals surface area contributed by atoms with Crippen LogP contribution in [0.2, 0.25) is 0 Å². The van der Waals surface area contributed by atoms with Gasteiger partial charge in [0.15, 0.2) is 6.61 Å². The van der Waals surface area contributed by atoms with E-state index >= 15 is 0 Å². The summed E-state index contributed by atoms with van der Waals surface area (Å²) in [6.45, 7) is 11.2. The Bertz CT molecular complexity index is 1070. The van der Waals surface area contributed by atoms with Crippen LogP contribution in [0.5, 0.6) is 0 Å². The minimum Gasteiger partial charge on any atom is -0.481 e. The molecule has 8 atom stereocenters. The predicted molar refractivity (Wildman–Crippen MR) is 153 cm³/mol. The van der Waals surface area contributed by atoms with Crippen LogP contribution < -0.4 is 5.32 Å². The van der Waals surface area contributed by atoms with Crippen molar-refractivity contribution in [3.05, 3.63) is 11.6 Å². The van der Waals surface area contributed by atoms with Crippen LogP contribution in [0.15, 0.2) is 16.8 Å². The number of carboxylic acid groups (broad SMARTS) is 1. The molecule has 1 heterocycles. The van der Waals surface area contributed by atoms with Crippen molar-refractivity contribution >= 4 is 17.6 Å². The van der Waals surface area contributed by atoms with Gasteiger partial charge in [-0.05, 0) is 126 Å². The lowest BCUT2D eigenvalue weighted by atomic mass is 9.46. The average molecular weight is 559 g/mol. The van der Waals surface area contributed by atoms with Gasteiger partial charge in [0.05, 0.1) is 23.3 Å². The van der Waals surface area contributed by atoms with Crippen LogP contribution in [0, 0.1) is 34.5 Å². The molecule has 5 rings (SSSR count). The number of rotatable bonds is 7. The van der Waals surface area contributed by atoms with E-state index in [9.17, 15) is 19.8 Å². The normalized spacial score (nSPS) is 42.1. The predicted octanol–water partition coefficient (Wildman–Crippen LogP) is 5.24.